The number of esters is 1. The number of likely N-dealkylation sites (tertiary alicyclic amines) is 1. The largest absolute Gasteiger partial charge is 0.460 e. The maximum absolute atomic E-state index is 13.8. The van der Waals surface area contributed by atoms with E-state index < -0.39 is 17.6 Å². The number of nitrogen functional groups attached to an aromatic ring is 1. The van der Waals surface area contributed by atoms with Gasteiger partial charge >= 0.3 is 5.97 Å². The molecule has 0 saturated carbocycles. The number of ketones is 1. The van der Waals surface area contributed by atoms with Crippen molar-refractivity contribution in [2.24, 2.45) is 5.92 Å². The minimum atomic E-state index is -0.624. The molecule has 2 N–H and O–H groups in total. The van der Waals surface area contributed by atoms with Gasteiger partial charge in [0, 0.05) is 30.5 Å². The zero-order valence-electron chi connectivity index (χ0n) is 23.2. The van der Waals surface area contributed by atoms with Gasteiger partial charge in [0.1, 0.15) is 11.4 Å². The third-order valence-corrected chi connectivity index (χ3v) is 7.23. The number of pyridine rings is 1. The lowest BCUT2D eigenvalue weighted by molar-refractivity contribution is -0.158. The van der Waals surface area contributed by atoms with E-state index in [-0.39, 0.29) is 24.1 Å². The van der Waals surface area contributed by atoms with Gasteiger partial charge in [0.05, 0.1) is 12.5 Å². The number of aryl methyl sites for hydroxylation is 2. The molecule has 1 fully saturated rings. The minimum Gasteiger partial charge on any atom is -0.460 e. The summed E-state index contributed by atoms with van der Waals surface area (Å²) in [5.41, 5.74) is 7.50. The van der Waals surface area contributed by atoms with Crippen LogP contribution in [0.4, 0.5) is 5.82 Å². The Morgan fingerprint density at radius 3 is 2.56 bits per heavy atom. The second kappa shape index (κ2) is 12.4. The highest BCUT2D eigenvalue weighted by atomic mass is 16.6. The van der Waals surface area contributed by atoms with Gasteiger partial charge in [-0.25, -0.2) is 4.98 Å². The minimum absolute atomic E-state index is 0.00935. The molecular formula is C32H39N3O4. The average molecular weight is 530 g/mol. The van der Waals surface area contributed by atoms with Crippen molar-refractivity contribution in [2.45, 2.75) is 77.4 Å². The number of fused-ring (bicyclic) bond motifs is 1. The zero-order valence-corrected chi connectivity index (χ0v) is 23.2. The van der Waals surface area contributed by atoms with Crippen LogP contribution in [-0.2, 0) is 32.0 Å². The number of Topliss-reactive ketones (excluding diaryl/α,β-unsaturated/α-hetero) is 1. The molecule has 0 radical (unpaired) electrons. The molecule has 0 aliphatic carbocycles. The summed E-state index contributed by atoms with van der Waals surface area (Å²) in [7, 11) is 0. The highest BCUT2D eigenvalue weighted by Gasteiger charge is 2.37. The first kappa shape index (κ1) is 28.3. The predicted molar refractivity (Wildman–Crippen MR) is 153 cm³/mol. The summed E-state index contributed by atoms with van der Waals surface area (Å²) in [6.45, 7) is 6.00. The van der Waals surface area contributed by atoms with E-state index in [0.717, 1.165) is 28.3 Å². The normalized spacial score (nSPS) is 16.3. The molecule has 2 atom stereocenters. The van der Waals surface area contributed by atoms with Crippen molar-refractivity contribution in [3.63, 3.8) is 0 Å². The van der Waals surface area contributed by atoms with Crippen LogP contribution in [-0.4, -0.2) is 45.7 Å². The number of carbonyl (C=O) groups is 3. The summed E-state index contributed by atoms with van der Waals surface area (Å²) in [5, 5.41) is 1.89. The van der Waals surface area contributed by atoms with E-state index in [0.29, 0.717) is 44.5 Å². The van der Waals surface area contributed by atoms with Crippen molar-refractivity contribution in [2.75, 3.05) is 12.3 Å². The fourth-order valence-electron chi connectivity index (χ4n) is 5.32. The van der Waals surface area contributed by atoms with Gasteiger partial charge in [-0.05, 0) is 75.5 Å². The van der Waals surface area contributed by atoms with Crippen LogP contribution >= 0.6 is 0 Å². The Labute approximate surface area is 230 Å². The first-order valence-electron chi connectivity index (χ1n) is 13.8. The third kappa shape index (κ3) is 7.65. The number of rotatable bonds is 10. The summed E-state index contributed by atoms with van der Waals surface area (Å²) >= 11 is 0. The van der Waals surface area contributed by atoms with Crippen LogP contribution in [0.25, 0.3) is 10.8 Å². The lowest BCUT2D eigenvalue weighted by Gasteiger charge is -2.29. The number of benzene rings is 2. The van der Waals surface area contributed by atoms with Gasteiger partial charge in [-0.1, -0.05) is 48.5 Å². The number of nitrogens with zero attached hydrogens (tertiary/aromatic N) is 2. The fourth-order valence-corrected chi connectivity index (χ4v) is 5.32. The molecule has 0 unspecified atom stereocenters. The van der Waals surface area contributed by atoms with Crippen molar-refractivity contribution in [1.82, 2.24) is 9.88 Å². The van der Waals surface area contributed by atoms with Crippen LogP contribution in [0.3, 0.4) is 0 Å². The molecule has 4 rings (SSSR count). The first-order valence-corrected chi connectivity index (χ1v) is 13.8. The molecule has 206 valence electrons. The number of anilines is 1. The van der Waals surface area contributed by atoms with Gasteiger partial charge in [-0.3, -0.25) is 14.4 Å². The van der Waals surface area contributed by atoms with Crippen LogP contribution in [0.1, 0.15) is 64.0 Å². The quantitative estimate of drug-likeness (QED) is 0.358. The molecule has 1 aliphatic rings. The summed E-state index contributed by atoms with van der Waals surface area (Å²) in [4.78, 5) is 45.7. The van der Waals surface area contributed by atoms with Gasteiger partial charge in [-0.15, -0.1) is 0 Å². The molecule has 39 heavy (non-hydrogen) atoms. The lowest BCUT2D eigenvalue weighted by atomic mass is 9.93. The summed E-state index contributed by atoms with van der Waals surface area (Å²) in [6, 6.07) is 17.4. The maximum atomic E-state index is 13.8. The Morgan fingerprint density at radius 1 is 1.05 bits per heavy atom. The van der Waals surface area contributed by atoms with E-state index in [1.807, 2.05) is 75.4 Å². The molecule has 3 aromatic rings. The number of nitrogens with two attached hydrogens (primary N) is 1. The Hall–Kier alpha value is -3.74. The molecule has 0 bridgehead atoms. The molecule has 1 saturated heterocycles. The third-order valence-electron chi connectivity index (χ3n) is 7.23. The van der Waals surface area contributed by atoms with Crippen LogP contribution in [0.2, 0.25) is 0 Å². The molecule has 1 amide bonds. The highest BCUT2D eigenvalue weighted by Crippen LogP contribution is 2.27. The van der Waals surface area contributed by atoms with E-state index in [9.17, 15) is 14.4 Å². The van der Waals surface area contributed by atoms with E-state index in [2.05, 4.69) is 4.98 Å². The van der Waals surface area contributed by atoms with Crippen molar-refractivity contribution >= 4 is 34.3 Å². The second-order valence-corrected chi connectivity index (χ2v) is 11.4. The van der Waals surface area contributed by atoms with E-state index in [1.165, 1.54) is 0 Å². The number of ether oxygens (including phenoxy) is 1. The number of amides is 1. The van der Waals surface area contributed by atoms with Crippen molar-refractivity contribution in [1.29, 1.82) is 0 Å². The van der Waals surface area contributed by atoms with Gasteiger partial charge in [0.15, 0.2) is 5.78 Å². The zero-order chi connectivity index (χ0) is 28.0. The highest BCUT2D eigenvalue weighted by molar-refractivity contribution is 5.93. The number of aromatic nitrogens is 1. The van der Waals surface area contributed by atoms with Gasteiger partial charge < -0.3 is 15.4 Å². The van der Waals surface area contributed by atoms with Crippen LogP contribution in [0.5, 0.6) is 0 Å². The molecule has 7 nitrogen and oxygen atoms in total. The number of carbonyl (C=O) groups excluding carboxylic acids is 3. The molecule has 1 aromatic heterocycles. The smallest absolute Gasteiger partial charge is 0.307 e. The van der Waals surface area contributed by atoms with E-state index >= 15 is 0 Å². The van der Waals surface area contributed by atoms with Crippen molar-refractivity contribution < 1.29 is 19.1 Å². The first-order chi connectivity index (χ1) is 18.6. The monoisotopic (exact) mass is 529 g/mol. The van der Waals surface area contributed by atoms with Gasteiger partial charge in [0.25, 0.3) is 0 Å². The Bertz CT molecular complexity index is 1320. The number of hydrogen-bond donors (Lipinski definition) is 1. The van der Waals surface area contributed by atoms with Crippen molar-refractivity contribution in [3.05, 3.63) is 71.9 Å². The van der Waals surface area contributed by atoms with Gasteiger partial charge in [-0.2, -0.15) is 0 Å². The Morgan fingerprint density at radius 2 is 1.82 bits per heavy atom. The average Bonchev–Trinajstić information content (AvgIpc) is 3.39. The number of hydrogen-bond acceptors (Lipinski definition) is 6. The van der Waals surface area contributed by atoms with E-state index in [1.54, 1.807) is 11.1 Å². The molecule has 2 aromatic carbocycles. The fraction of sp³-hybridized carbons (Fsp3) is 0.438. The summed E-state index contributed by atoms with van der Waals surface area (Å²) in [5.74, 6) is -0.491. The van der Waals surface area contributed by atoms with Crippen LogP contribution in [0.15, 0.2) is 60.8 Å². The molecule has 1 aliphatic heterocycles. The standard InChI is InChI=1S/C32H39N3O4/c1-32(2,3)39-29(37)21-25(14-11-22-8-5-4-6-9-22)31(38)35-19-7-10-27(35)28(36)16-13-23-12-15-26-24(20-23)17-18-34-30(26)33/h4-6,8-9,12,15,17-18,20,25,27H,7,10-11,13-14,16,19,21H2,1-3H3,(H2,33,34)/t25-,27-/m0/s1. The molecule has 2 heterocycles. The Balaban J connectivity index is 1.43. The summed E-state index contributed by atoms with van der Waals surface area (Å²) < 4.78 is 5.54. The Kier molecular flexibility index (Phi) is 9.00. The van der Waals surface area contributed by atoms with Gasteiger partial charge in [0.2, 0.25) is 5.91 Å². The lowest BCUT2D eigenvalue weighted by Crippen LogP contribution is -2.44. The summed E-state index contributed by atoms with van der Waals surface area (Å²) in [6.07, 6.45) is 5.26. The molecular weight excluding hydrogens is 490 g/mol. The molecule has 0 spiro atoms. The van der Waals surface area contributed by atoms with Crippen LogP contribution in [0, 0.1) is 5.92 Å². The molecule has 7 heteroatoms. The van der Waals surface area contributed by atoms with E-state index in [4.69, 9.17) is 10.5 Å². The van der Waals surface area contributed by atoms with Crippen molar-refractivity contribution in [3.8, 4) is 0 Å². The maximum Gasteiger partial charge on any atom is 0.307 e. The van der Waals surface area contributed by atoms with Crippen LogP contribution < -0.4 is 5.73 Å². The topological polar surface area (TPSA) is 103 Å². The second-order valence-electron chi connectivity index (χ2n) is 11.4. The SMILES string of the molecule is CC(C)(C)OC(=O)C[C@H](CCc1ccccc1)C(=O)N1CCC[C@H]1C(=O)CCc1ccc2c(N)nccc2c1. The predicted octanol–water partition coefficient (Wildman–Crippen LogP) is 5.29.